The van der Waals surface area contributed by atoms with Crippen molar-refractivity contribution in [3.8, 4) is 22.6 Å². The van der Waals surface area contributed by atoms with Crippen LogP contribution in [0, 0.1) is 0 Å². The number of carboxylic acids is 2. The molecule has 0 atom stereocenters. The third-order valence-electron chi connectivity index (χ3n) is 5.95. The number of rotatable bonds is 11. The van der Waals surface area contributed by atoms with E-state index in [1.807, 2.05) is 0 Å². The van der Waals surface area contributed by atoms with Gasteiger partial charge in [-0.2, -0.15) is 16.8 Å². The zero-order chi connectivity index (χ0) is 33.8. The number of carboxylic acid groups (broad SMARTS) is 2. The number of benzene rings is 4. The van der Waals surface area contributed by atoms with Crippen molar-refractivity contribution in [2.75, 3.05) is 10.9 Å². The number of aromatic carboxylic acids is 2. The van der Waals surface area contributed by atoms with Crippen molar-refractivity contribution in [1.82, 2.24) is 0 Å². The Morgan fingerprint density at radius 3 is 1.26 bits per heavy atom. The molecule has 0 radical (unpaired) electrons. The molecule has 0 amide bonds. The highest BCUT2D eigenvalue weighted by molar-refractivity contribution is 7.86. The van der Waals surface area contributed by atoms with E-state index in [2.05, 4.69) is 31.5 Å². The van der Waals surface area contributed by atoms with Crippen LogP contribution in [0.25, 0.3) is 11.1 Å². The molecule has 4 aromatic carbocycles. The molecule has 0 bridgehead atoms. The molecular weight excluding hydrogens is 652 g/mol. The highest BCUT2D eigenvalue weighted by atomic mass is 32.2. The van der Waals surface area contributed by atoms with Crippen LogP contribution < -0.4 is 10.9 Å². The van der Waals surface area contributed by atoms with E-state index >= 15 is 0 Å². The van der Waals surface area contributed by atoms with Crippen LogP contribution in [-0.4, -0.2) is 58.3 Å². The van der Waals surface area contributed by atoms with Crippen LogP contribution in [0.4, 0.5) is 22.7 Å². The lowest BCUT2D eigenvalue weighted by molar-refractivity contribution is 0.0682. The molecule has 0 aliphatic carbocycles. The molecule has 4 aromatic rings. The molecule has 18 nitrogen and oxygen atoms in total. The first-order chi connectivity index (χ1) is 21.5. The minimum Gasteiger partial charge on any atom is -0.507 e. The summed E-state index contributed by atoms with van der Waals surface area (Å²) in [4.78, 5) is 20.9. The first-order valence-corrected chi connectivity index (χ1v) is 15.1. The molecule has 0 fully saturated rings. The number of hydrogen-bond donors (Lipinski definition) is 8. The van der Waals surface area contributed by atoms with E-state index in [0.717, 1.165) is 48.5 Å². The summed E-state index contributed by atoms with van der Waals surface area (Å²) >= 11 is 0. The number of phenols is 2. The van der Waals surface area contributed by atoms with Crippen molar-refractivity contribution < 1.29 is 56.0 Å². The molecule has 0 spiro atoms. The lowest BCUT2D eigenvalue weighted by atomic mass is 10.0. The summed E-state index contributed by atoms with van der Waals surface area (Å²) in [6.45, 7) is 0. The topological polar surface area (TPSA) is 297 Å². The zero-order valence-electron chi connectivity index (χ0n) is 22.7. The van der Waals surface area contributed by atoms with E-state index in [0.29, 0.717) is 0 Å². The average molecular weight is 673 g/mol. The Labute approximate surface area is 258 Å². The Balaban J connectivity index is 1.63. The first kappa shape index (κ1) is 32.9. The minimum atomic E-state index is -4.91. The third kappa shape index (κ3) is 7.75. The third-order valence-corrected chi connectivity index (χ3v) is 7.73. The van der Waals surface area contributed by atoms with Gasteiger partial charge in [0.1, 0.15) is 32.4 Å². The lowest BCUT2D eigenvalue weighted by Gasteiger charge is -2.12. The maximum absolute atomic E-state index is 12.2. The summed E-state index contributed by atoms with van der Waals surface area (Å²) in [7, 11) is -9.83. The summed E-state index contributed by atoms with van der Waals surface area (Å²) in [6.07, 6.45) is 0. The van der Waals surface area contributed by atoms with Crippen LogP contribution in [0.1, 0.15) is 20.7 Å². The molecule has 0 aliphatic heterocycles. The first-order valence-electron chi connectivity index (χ1n) is 12.2. The standard InChI is InChI=1S/C26H20N6O12S2/c33-21-7-3-15(11-17(21)25(35)36)27-31-29-19-5-1-13(9-23(19)45(39,40)41)14-2-6-20(24(10-14)46(42,43)44)30-32-28-16-4-8-22(34)18(12-16)26(37)38/h1-12,33-34H,(H,27,29)(H,28,30)(H,35,36)(H,37,38)(H,39,40,41)(H,42,43,44). The van der Waals surface area contributed by atoms with Gasteiger partial charge in [-0.05, 0) is 71.8 Å². The number of hydrogen-bond acceptors (Lipinski definition) is 12. The summed E-state index contributed by atoms with van der Waals surface area (Å²) in [5.41, 5.74) is 3.20. The van der Waals surface area contributed by atoms with Crippen LogP contribution in [-0.2, 0) is 20.2 Å². The maximum atomic E-state index is 12.2. The van der Waals surface area contributed by atoms with Crippen LogP contribution in [0.5, 0.6) is 11.5 Å². The second kappa shape index (κ2) is 13.0. The smallest absolute Gasteiger partial charge is 0.339 e. The molecule has 0 saturated heterocycles. The van der Waals surface area contributed by atoms with Gasteiger partial charge in [0.2, 0.25) is 0 Å². The molecule has 8 N–H and O–H groups in total. The maximum Gasteiger partial charge on any atom is 0.339 e. The van der Waals surface area contributed by atoms with Crippen molar-refractivity contribution in [1.29, 1.82) is 0 Å². The van der Waals surface area contributed by atoms with E-state index in [-0.39, 0.29) is 33.9 Å². The van der Waals surface area contributed by atoms with E-state index < -0.39 is 64.6 Å². The highest BCUT2D eigenvalue weighted by Gasteiger charge is 2.20. The molecule has 20 heteroatoms. The lowest BCUT2D eigenvalue weighted by Crippen LogP contribution is -2.05. The fourth-order valence-electron chi connectivity index (χ4n) is 3.80. The molecule has 238 valence electrons. The summed E-state index contributed by atoms with van der Waals surface area (Å²) in [5.74, 6) is -3.89. The van der Waals surface area contributed by atoms with Gasteiger partial charge in [-0.1, -0.05) is 22.6 Å². The molecule has 0 saturated carbocycles. The van der Waals surface area contributed by atoms with E-state index in [1.165, 1.54) is 24.3 Å². The Hall–Kier alpha value is -5.96. The van der Waals surface area contributed by atoms with Gasteiger partial charge < -0.3 is 20.4 Å². The van der Waals surface area contributed by atoms with E-state index in [4.69, 9.17) is 10.2 Å². The second-order valence-electron chi connectivity index (χ2n) is 9.01. The monoisotopic (exact) mass is 672 g/mol. The van der Waals surface area contributed by atoms with Crippen LogP contribution >= 0.6 is 0 Å². The van der Waals surface area contributed by atoms with Gasteiger partial charge in [-0.3, -0.25) is 20.0 Å². The van der Waals surface area contributed by atoms with Crippen LogP contribution in [0.3, 0.4) is 0 Å². The predicted octanol–water partition coefficient (Wildman–Crippen LogP) is 4.88. The highest BCUT2D eigenvalue weighted by Crippen LogP contribution is 2.33. The van der Waals surface area contributed by atoms with Crippen LogP contribution in [0.15, 0.2) is 103 Å². The average Bonchev–Trinajstić information content (AvgIpc) is 2.97. The predicted molar refractivity (Wildman–Crippen MR) is 158 cm³/mol. The van der Waals surface area contributed by atoms with E-state index in [1.54, 1.807) is 0 Å². The number of aromatic hydroxyl groups is 2. The van der Waals surface area contributed by atoms with Gasteiger partial charge in [-0.25, -0.2) is 9.59 Å². The number of nitrogens with zero attached hydrogens (tertiary/aromatic N) is 4. The summed E-state index contributed by atoms with van der Waals surface area (Å²) in [6, 6.07) is 13.5. The largest absolute Gasteiger partial charge is 0.507 e. The molecule has 0 aliphatic rings. The Morgan fingerprint density at radius 2 is 0.935 bits per heavy atom. The molecular formula is C26H20N6O12S2. The van der Waals surface area contributed by atoms with Gasteiger partial charge in [-0.15, -0.1) is 10.2 Å². The zero-order valence-corrected chi connectivity index (χ0v) is 24.3. The number of nitrogens with one attached hydrogen (secondary N) is 2. The van der Waals surface area contributed by atoms with Gasteiger partial charge >= 0.3 is 11.9 Å². The normalized spacial score (nSPS) is 12.0. The molecule has 4 rings (SSSR count). The van der Waals surface area contributed by atoms with Gasteiger partial charge in [0.25, 0.3) is 20.2 Å². The minimum absolute atomic E-state index is 0.0215. The van der Waals surface area contributed by atoms with Gasteiger partial charge in [0.05, 0.1) is 22.7 Å². The molecule has 0 aromatic heterocycles. The van der Waals surface area contributed by atoms with Crippen molar-refractivity contribution in [3.63, 3.8) is 0 Å². The second-order valence-corrected chi connectivity index (χ2v) is 11.8. The van der Waals surface area contributed by atoms with Crippen molar-refractivity contribution in [3.05, 3.63) is 83.9 Å². The molecule has 46 heavy (non-hydrogen) atoms. The van der Waals surface area contributed by atoms with Crippen molar-refractivity contribution in [2.24, 2.45) is 20.7 Å². The van der Waals surface area contributed by atoms with Gasteiger partial charge in [0, 0.05) is 0 Å². The Bertz CT molecular complexity index is 2000. The summed E-state index contributed by atoms with van der Waals surface area (Å²) < 4.78 is 68.3. The van der Waals surface area contributed by atoms with E-state index in [9.17, 15) is 45.7 Å². The fraction of sp³-hybridized carbons (Fsp3) is 0. The Morgan fingerprint density at radius 1 is 0.565 bits per heavy atom. The fourth-order valence-corrected chi connectivity index (χ4v) is 5.14. The number of carbonyl (C=O) groups is 2. The van der Waals surface area contributed by atoms with Crippen LogP contribution in [0.2, 0.25) is 0 Å². The van der Waals surface area contributed by atoms with Crippen molar-refractivity contribution >= 4 is 54.9 Å². The summed E-state index contributed by atoms with van der Waals surface area (Å²) in [5, 5.41) is 52.0. The molecule has 0 unspecified atom stereocenters. The van der Waals surface area contributed by atoms with Gasteiger partial charge in [0.15, 0.2) is 0 Å². The van der Waals surface area contributed by atoms with Crippen molar-refractivity contribution in [2.45, 2.75) is 9.79 Å². The Kier molecular flexibility index (Phi) is 9.28. The SMILES string of the molecule is O=C(O)c1cc(N=NNc2ccc(-c3ccc(NN=Nc4ccc(O)c(C(=O)O)c4)c(S(=O)(=O)O)c3)cc2S(=O)(=O)O)ccc1O. The quantitative estimate of drug-likeness (QED) is 0.0598. The molecule has 0 heterocycles. The number of anilines is 2.